The van der Waals surface area contributed by atoms with Crippen molar-refractivity contribution in [2.75, 3.05) is 63.9 Å². The maximum absolute atomic E-state index is 13.2. The summed E-state index contributed by atoms with van der Waals surface area (Å²) < 4.78 is 6.00. The Kier molecular flexibility index (Phi) is 9.12. The Hall–Kier alpha value is -3.13. The summed E-state index contributed by atoms with van der Waals surface area (Å²) in [5.74, 6) is 2.59. The fraction of sp³-hybridized carbons (Fsp3) is 0.567. The van der Waals surface area contributed by atoms with E-state index in [4.69, 9.17) is 4.74 Å². The summed E-state index contributed by atoms with van der Waals surface area (Å²) in [5, 5.41) is 3.35. The van der Waals surface area contributed by atoms with E-state index in [0.29, 0.717) is 44.8 Å². The highest BCUT2D eigenvalue weighted by Gasteiger charge is 2.25. The van der Waals surface area contributed by atoms with Crippen LogP contribution in [0.3, 0.4) is 0 Å². The van der Waals surface area contributed by atoms with Gasteiger partial charge in [-0.25, -0.2) is 4.98 Å². The van der Waals surface area contributed by atoms with Crippen LogP contribution in [0.25, 0.3) is 0 Å². The van der Waals surface area contributed by atoms with E-state index >= 15 is 0 Å². The molecule has 1 aliphatic carbocycles. The van der Waals surface area contributed by atoms with Gasteiger partial charge in [-0.2, -0.15) is 0 Å². The molecule has 0 atom stereocenters. The van der Waals surface area contributed by atoms with Crippen molar-refractivity contribution in [2.24, 2.45) is 5.92 Å². The van der Waals surface area contributed by atoms with Crippen LogP contribution in [0.5, 0.6) is 5.75 Å². The monoisotopic (exact) mass is 519 g/mol. The third-order valence-electron chi connectivity index (χ3n) is 8.13. The number of pyridine rings is 1. The minimum absolute atomic E-state index is 0.00234. The Labute approximate surface area is 226 Å². The molecule has 2 aromatic rings. The lowest BCUT2D eigenvalue weighted by molar-refractivity contribution is -0.131. The molecule has 0 unspecified atom stereocenters. The second-order valence-electron chi connectivity index (χ2n) is 10.8. The molecule has 1 aromatic heterocycles. The number of amides is 2. The number of hydrogen-bond donors (Lipinski definition) is 1. The number of benzene rings is 1. The van der Waals surface area contributed by atoms with E-state index in [1.54, 1.807) is 0 Å². The SMILES string of the molecule is O=C(Cc1ccc(N2CCNCC2)nc1)N1CCN(C(=O)c2cccc(OCCC3CCCCC3)c2)CC1. The first-order valence-electron chi connectivity index (χ1n) is 14.4. The lowest BCUT2D eigenvalue weighted by atomic mass is 9.87. The van der Waals surface area contributed by atoms with Gasteiger partial charge in [-0.05, 0) is 42.2 Å². The van der Waals surface area contributed by atoms with Gasteiger partial charge in [0.2, 0.25) is 5.91 Å². The number of nitrogens with zero attached hydrogens (tertiary/aromatic N) is 4. The van der Waals surface area contributed by atoms with Gasteiger partial charge in [0.05, 0.1) is 13.0 Å². The molecule has 38 heavy (non-hydrogen) atoms. The normalized spacial score (nSPS) is 18.9. The first kappa shape index (κ1) is 26.5. The summed E-state index contributed by atoms with van der Waals surface area (Å²) in [6, 6.07) is 11.6. The summed E-state index contributed by atoms with van der Waals surface area (Å²) in [6.07, 6.45) is 9.93. The van der Waals surface area contributed by atoms with Crippen LogP contribution < -0.4 is 15.0 Å². The number of rotatable bonds is 8. The van der Waals surface area contributed by atoms with E-state index < -0.39 is 0 Å². The molecule has 5 rings (SSSR count). The third-order valence-corrected chi connectivity index (χ3v) is 8.13. The van der Waals surface area contributed by atoms with Crippen LogP contribution in [-0.2, 0) is 11.2 Å². The summed E-state index contributed by atoms with van der Waals surface area (Å²) >= 11 is 0. The van der Waals surface area contributed by atoms with Gasteiger partial charge in [-0.1, -0.05) is 44.2 Å². The number of anilines is 1. The maximum Gasteiger partial charge on any atom is 0.254 e. The standard InChI is InChI=1S/C30H41N5O3/c36-29(21-25-9-10-28(32-23-25)33-14-12-31-13-15-33)34-16-18-35(19-17-34)30(37)26-7-4-8-27(22-26)38-20-11-24-5-2-1-3-6-24/h4,7-10,22-24,31H,1-3,5-6,11-21H2. The molecule has 0 bridgehead atoms. The maximum atomic E-state index is 13.2. The van der Waals surface area contributed by atoms with Crippen LogP contribution in [0.2, 0.25) is 0 Å². The number of piperazine rings is 2. The van der Waals surface area contributed by atoms with Crippen molar-refractivity contribution < 1.29 is 14.3 Å². The average Bonchev–Trinajstić information content (AvgIpc) is 2.98. The van der Waals surface area contributed by atoms with E-state index in [2.05, 4.69) is 15.2 Å². The topological polar surface area (TPSA) is 78.0 Å². The molecule has 1 aromatic carbocycles. The van der Waals surface area contributed by atoms with Crippen molar-refractivity contribution in [2.45, 2.75) is 44.9 Å². The van der Waals surface area contributed by atoms with Crippen molar-refractivity contribution >= 4 is 17.6 Å². The summed E-state index contributed by atoms with van der Waals surface area (Å²) in [7, 11) is 0. The summed E-state index contributed by atoms with van der Waals surface area (Å²) in [6.45, 7) is 6.72. The molecule has 8 nitrogen and oxygen atoms in total. The van der Waals surface area contributed by atoms with E-state index in [1.165, 1.54) is 32.1 Å². The van der Waals surface area contributed by atoms with Gasteiger partial charge in [-0.3, -0.25) is 9.59 Å². The summed E-state index contributed by atoms with van der Waals surface area (Å²) in [4.78, 5) is 36.6. The lowest BCUT2D eigenvalue weighted by Crippen LogP contribution is -2.51. The zero-order chi connectivity index (χ0) is 26.2. The van der Waals surface area contributed by atoms with Crippen molar-refractivity contribution in [3.63, 3.8) is 0 Å². The molecule has 0 radical (unpaired) electrons. The van der Waals surface area contributed by atoms with Crippen molar-refractivity contribution in [1.82, 2.24) is 20.1 Å². The zero-order valence-corrected chi connectivity index (χ0v) is 22.4. The smallest absolute Gasteiger partial charge is 0.254 e. The molecular formula is C30H41N5O3. The number of aromatic nitrogens is 1. The van der Waals surface area contributed by atoms with Crippen LogP contribution in [0.1, 0.15) is 54.4 Å². The van der Waals surface area contributed by atoms with Crippen molar-refractivity contribution in [3.05, 3.63) is 53.7 Å². The lowest BCUT2D eigenvalue weighted by Gasteiger charge is -2.35. The quantitative estimate of drug-likeness (QED) is 0.576. The van der Waals surface area contributed by atoms with Gasteiger partial charge in [0, 0.05) is 64.1 Å². The predicted octanol–water partition coefficient (Wildman–Crippen LogP) is 3.37. The Bertz CT molecular complexity index is 1060. The second kappa shape index (κ2) is 13.1. The van der Waals surface area contributed by atoms with Gasteiger partial charge >= 0.3 is 0 Å². The highest BCUT2D eigenvalue weighted by Crippen LogP contribution is 2.26. The molecule has 3 heterocycles. The fourth-order valence-corrected chi connectivity index (χ4v) is 5.77. The number of nitrogens with one attached hydrogen (secondary N) is 1. The first-order valence-corrected chi connectivity index (χ1v) is 14.4. The van der Waals surface area contributed by atoms with Crippen LogP contribution >= 0.6 is 0 Å². The molecule has 8 heteroatoms. The Morgan fingerprint density at radius 1 is 0.921 bits per heavy atom. The van der Waals surface area contributed by atoms with Gasteiger partial charge in [0.15, 0.2) is 0 Å². The molecule has 2 amide bonds. The molecule has 2 saturated heterocycles. The number of hydrogen-bond acceptors (Lipinski definition) is 6. The minimum atomic E-state index is 0.00234. The first-order chi connectivity index (χ1) is 18.7. The molecule has 1 saturated carbocycles. The fourth-order valence-electron chi connectivity index (χ4n) is 5.77. The van der Waals surface area contributed by atoms with E-state index in [-0.39, 0.29) is 11.8 Å². The molecule has 0 spiro atoms. The molecule has 204 valence electrons. The van der Waals surface area contributed by atoms with Crippen LogP contribution in [0.15, 0.2) is 42.6 Å². The van der Waals surface area contributed by atoms with E-state index in [0.717, 1.165) is 55.6 Å². The van der Waals surface area contributed by atoms with Gasteiger partial charge in [0.1, 0.15) is 11.6 Å². The van der Waals surface area contributed by atoms with Gasteiger partial charge in [-0.15, -0.1) is 0 Å². The van der Waals surface area contributed by atoms with Crippen molar-refractivity contribution in [3.8, 4) is 5.75 Å². The third kappa shape index (κ3) is 7.04. The highest BCUT2D eigenvalue weighted by molar-refractivity contribution is 5.94. The average molecular weight is 520 g/mol. The van der Waals surface area contributed by atoms with Crippen molar-refractivity contribution in [1.29, 1.82) is 0 Å². The van der Waals surface area contributed by atoms with Gasteiger partial charge in [0.25, 0.3) is 5.91 Å². The molecule has 3 fully saturated rings. The molecule has 3 aliphatic rings. The molecular weight excluding hydrogens is 478 g/mol. The van der Waals surface area contributed by atoms with Crippen LogP contribution in [-0.4, -0.2) is 85.6 Å². The van der Waals surface area contributed by atoms with Crippen LogP contribution in [0, 0.1) is 5.92 Å². The summed E-state index contributed by atoms with van der Waals surface area (Å²) in [5.41, 5.74) is 1.57. The largest absolute Gasteiger partial charge is 0.494 e. The molecule has 2 aliphatic heterocycles. The Balaban J connectivity index is 1.07. The Morgan fingerprint density at radius 3 is 2.42 bits per heavy atom. The minimum Gasteiger partial charge on any atom is -0.494 e. The van der Waals surface area contributed by atoms with Crippen LogP contribution in [0.4, 0.5) is 5.82 Å². The van der Waals surface area contributed by atoms with E-state index in [9.17, 15) is 9.59 Å². The Morgan fingerprint density at radius 2 is 1.68 bits per heavy atom. The van der Waals surface area contributed by atoms with Gasteiger partial charge < -0.3 is 24.8 Å². The van der Waals surface area contributed by atoms with E-state index in [1.807, 2.05) is 52.4 Å². The number of ether oxygens (including phenoxy) is 1. The number of carbonyl (C=O) groups is 2. The highest BCUT2D eigenvalue weighted by atomic mass is 16.5. The predicted molar refractivity (Wildman–Crippen MR) is 149 cm³/mol. The number of carbonyl (C=O) groups excluding carboxylic acids is 2. The zero-order valence-electron chi connectivity index (χ0n) is 22.4. The molecule has 1 N–H and O–H groups in total. The second-order valence-corrected chi connectivity index (χ2v) is 10.8.